The van der Waals surface area contributed by atoms with Crippen LogP contribution in [0, 0.1) is 18.3 Å². The predicted octanol–water partition coefficient (Wildman–Crippen LogP) is 4.72. The molecule has 0 bridgehead atoms. The number of rotatable bonds is 4. The first-order valence-corrected chi connectivity index (χ1v) is 8.70. The van der Waals surface area contributed by atoms with Crippen molar-refractivity contribution in [2.75, 3.05) is 6.54 Å². The molecule has 106 valence electrons. The Kier molecular flexibility index (Phi) is 3.74. The van der Waals surface area contributed by atoms with Crippen LogP contribution in [0.3, 0.4) is 0 Å². The van der Waals surface area contributed by atoms with E-state index in [1.165, 1.54) is 44.2 Å². The van der Waals surface area contributed by atoms with Crippen molar-refractivity contribution in [3.05, 3.63) is 21.9 Å². The second-order valence-corrected chi connectivity index (χ2v) is 8.37. The molecule has 1 heterocycles. The molecule has 1 nitrogen and oxygen atoms in total. The van der Waals surface area contributed by atoms with Crippen molar-refractivity contribution < 1.29 is 0 Å². The maximum absolute atomic E-state index is 3.77. The summed E-state index contributed by atoms with van der Waals surface area (Å²) in [4.78, 5) is 1.66. The number of hydrogen-bond donors (Lipinski definition) is 1. The van der Waals surface area contributed by atoms with Gasteiger partial charge < -0.3 is 5.32 Å². The molecule has 2 aliphatic carbocycles. The highest BCUT2D eigenvalue weighted by Gasteiger charge is 2.37. The smallest absolute Gasteiger partial charge is 0.0109 e. The summed E-state index contributed by atoms with van der Waals surface area (Å²) in [6.07, 6.45) is 6.97. The topological polar surface area (TPSA) is 12.0 Å². The van der Waals surface area contributed by atoms with Crippen LogP contribution in [0.2, 0.25) is 0 Å². The van der Waals surface area contributed by atoms with Crippen LogP contribution in [-0.4, -0.2) is 12.6 Å². The van der Waals surface area contributed by atoms with Gasteiger partial charge in [-0.25, -0.2) is 0 Å². The van der Waals surface area contributed by atoms with Gasteiger partial charge >= 0.3 is 0 Å². The van der Waals surface area contributed by atoms with Gasteiger partial charge in [0, 0.05) is 10.9 Å². The Labute approximate surface area is 121 Å². The van der Waals surface area contributed by atoms with Crippen molar-refractivity contribution in [2.24, 2.45) is 11.3 Å². The fraction of sp³-hybridized carbons (Fsp3) is 0.765. The van der Waals surface area contributed by atoms with E-state index in [9.17, 15) is 0 Å². The molecule has 1 aromatic heterocycles. The minimum Gasteiger partial charge on any atom is -0.314 e. The van der Waals surface area contributed by atoms with Crippen LogP contribution in [-0.2, 0) is 0 Å². The van der Waals surface area contributed by atoms with Crippen molar-refractivity contribution in [3.8, 4) is 0 Å². The molecule has 2 unspecified atom stereocenters. The maximum atomic E-state index is 3.77. The molecule has 3 rings (SSSR count). The summed E-state index contributed by atoms with van der Waals surface area (Å²) in [6.45, 7) is 8.43. The molecule has 0 aromatic carbocycles. The Hall–Kier alpha value is -0.340. The van der Waals surface area contributed by atoms with Crippen molar-refractivity contribution in [1.82, 2.24) is 5.32 Å². The molecule has 19 heavy (non-hydrogen) atoms. The van der Waals surface area contributed by atoms with Crippen LogP contribution in [0.1, 0.15) is 62.3 Å². The van der Waals surface area contributed by atoms with Gasteiger partial charge in [0.15, 0.2) is 0 Å². The zero-order valence-electron chi connectivity index (χ0n) is 12.5. The van der Waals surface area contributed by atoms with E-state index in [0.717, 1.165) is 17.9 Å². The third-order valence-corrected chi connectivity index (χ3v) is 6.17. The minimum absolute atomic E-state index is 0.525. The molecule has 2 saturated carbocycles. The van der Waals surface area contributed by atoms with Gasteiger partial charge in [-0.2, -0.15) is 0 Å². The predicted molar refractivity (Wildman–Crippen MR) is 83.9 cm³/mol. The van der Waals surface area contributed by atoms with Gasteiger partial charge in [0.25, 0.3) is 0 Å². The molecule has 2 aliphatic rings. The van der Waals surface area contributed by atoms with Gasteiger partial charge in [-0.3, -0.25) is 0 Å². The van der Waals surface area contributed by atoms with Gasteiger partial charge in [-0.1, -0.05) is 13.8 Å². The van der Waals surface area contributed by atoms with Crippen LogP contribution >= 0.6 is 11.3 Å². The van der Waals surface area contributed by atoms with Crippen molar-refractivity contribution in [3.63, 3.8) is 0 Å². The largest absolute Gasteiger partial charge is 0.314 e. The highest BCUT2D eigenvalue weighted by Crippen LogP contribution is 2.48. The summed E-state index contributed by atoms with van der Waals surface area (Å²) in [5.41, 5.74) is 2.04. The molecule has 0 spiro atoms. The normalized spacial score (nSPS) is 30.5. The lowest BCUT2D eigenvalue weighted by molar-refractivity contribution is 0.161. The fourth-order valence-electron chi connectivity index (χ4n) is 3.56. The van der Waals surface area contributed by atoms with Crippen molar-refractivity contribution in [1.29, 1.82) is 0 Å². The quantitative estimate of drug-likeness (QED) is 0.840. The lowest BCUT2D eigenvalue weighted by Crippen LogP contribution is -2.35. The molecule has 2 fully saturated rings. The van der Waals surface area contributed by atoms with E-state index < -0.39 is 0 Å². The first-order valence-electron chi connectivity index (χ1n) is 7.82. The number of aryl methyl sites for hydroxylation is 1. The van der Waals surface area contributed by atoms with E-state index >= 15 is 0 Å². The lowest BCUT2D eigenvalue weighted by atomic mass is 9.66. The van der Waals surface area contributed by atoms with Crippen molar-refractivity contribution >= 4 is 11.3 Å². The van der Waals surface area contributed by atoms with E-state index in [0.29, 0.717) is 5.41 Å². The zero-order chi connectivity index (χ0) is 13.5. The van der Waals surface area contributed by atoms with Crippen molar-refractivity contribution in [2.45, 2.75) is 64.8 Å². The Bertz CT molecular complexity index is 428. The van der Waals surface area contributed by atoms with Gasteiger partial charge in [0.05, 0.1) is 0 Å². The summed E-state index contributed by atoms with van der Waals surface area (Å²) < 4.78 is 0. The van der Waals surface area contributed by atoms with Gasteiger partial charge in [-0.05, 0) is 79.8 Å². The minimum atomic E-state index is 0.525. The lowest BCUT2D eigenvalue weighted by Gasteiger charge is -2.41. The molecular weight excluding hydrogens is 250 g/mol. The molecule has 0 radical (unpaired) electrons. The molecule has 0 saturated heterocycles. The maximum Gasteiger partial charge on any atom is 0.0109 e. The summed E-state index contributed by atoms with van der Waals surface area (Å²) >= 11 is 1.98. The molecule has 1 N–H and O–H groups in total. The standard InChI is InChI=1S/C17H27NS/c1-12-7-9-19-16(12)15-10-17(2,3)8-6-13(15)11-18-14-4-5-14/h7,9,13-15,18H,4-6,8,10-11H2,1-3H3. The first kappa shape index (κ1) is 13.6. The summed E-state index contributed by atoms with van der Waals surface area (Å²) in [5, 5.41) is 6.05. The Morgan fingerprint density at radius 3 is 2.74 bits per heavy atom. The fourth-order valence-corrected chi connectivity index (χ4v) is 4.69. The highest BCUT2D eigenvalue weighted by atomic mass is 32.1. The summed E-state index contributed by atoms with van der Waals surface area (Å²) in [6, 6.07) is 3.15. The first-order chi connectivity index (χ1) is 9.05. The van der Waals surface area contributed by atoms with E-state index in [4.69, 9.17) is 0 Å². The Morgan fingerprint density at radius 1 is 1.32 bits per heavy atom. The van der Waals surface area contributed by atoms with E-state index in [1.807, 2.05) is 11.3 Å². The number of nitrogens with one attached hydrogen (secondary N) is 1. The average molecular weight is 277 g/mol. The van der Waals surface area contributed by atoms with Crippen LogP contribution in [0.5, 0.6) is 0 Å². The SMILES string of the molecule is Cc1ccsc1C1CC(C)(C)CCC1CNC1CC1. The highest BCUT2D eigenvalue weighted by molar-refractivity contribution is 7.10. The molecular formula is C17H27NS. The monoisotopic (exact) mass is 277 g/mol. The Balaban J connectivity index is 1.74. The third-order valence-electron chi connectivity index (χ3n) is 5.02. The number of thiophene rings is 1. The Morgan fingerprint density at radius 2 is 2.11 bits per heavy atom. The number of hydrogen-bond acceptors (Lipinski definition) is 2. The molecule has 0 aliphatic heterocycles. The molecule has 1 aromatic rings. The molecule has 2 heteroatoms. The van der Waals surface area contributed by atoms with E-state index in [-0.39, 0.29) is 0 Å². The summed E-state index contributed by atoms with van der Waals surface area (Å²) in [5.74, 6) is 1.64. The summed E-state index contributed by atoms with van der Waals surface area (Å²) in [7, 11) is 0. The second kappa shape index (κ2) is 5.21. The van der Waals surface area contributed by atoms with Crippen LogP contribution in [0.25, 0.3) is 0 Å². The molecule has 0 amide bonds. The van der Waals surface area contributed by atoms with Gasteiger partial charge in [0.1, 0.15) is 0 Å². The molecule has 2 atom stereocenters. The van der Waals surface area contributed by atoms with Crippen LogP contribution in [0.15, 0.2) is 11.4 Å². The second-order valence-electron chi connectivity index (χ2n) is 7.42. The van der Waals surface area contributed by atoms with Gasteiger partial charge in [-0.15, -0.1) is 11.3 Å². The van der Waals surface area contributed by atoms with Crippen LogP contribution in [0.4, 0.5) is 0 Å². The van der Waals surface area contributed by atoms with Gasteiger partial charge in [0.2, 0.25) is 0 Å². The zero-order valence-corrected chi connectivity index (χ0v) is 13.4. The third kappa shape index (κ3) is 3.22. The van der Waals surface area contributed by atoms with E-state index in [1.54, 1.807) is 4.88 Å². The van der Waals surface area contributed by atoms with E-state index in [2.05, 4.69) is 37.5 Å². The average Bonchev–Trinajstić information content (AvgIpc) is 3.08. The van der Waals surface area contributed by atoms with Crippen LogP contribution < -0.4 is 5.32 Å².